The fourth-order valence-corrected chi connectivity index (χ4v) is 6.01. The minimum absolute atomic E-state index is 0.0638. The molecule has 1 aromatic rings. The van der Waals surface area contributed by atoms with Crippen molar-refractivity contribution in [3.05, 3.63) is 33.3 Å². The van der Waals surface area contributed by atoms with E-state index in [2.05, 4.69) is 21.2 Å². The van der Waals surface area contributed by atoms with Gasteiger partial charge in [-0.1, -0.05) is 27.5 Å². The van der Waals surface area contributed by atoms with E-state index in [1.807, 2.05) is 0 Å². The lowest BCUT2D eigenvalue weighted by Crippen LogP contribution is -2.60. The molecule has 0 heterocycles. The summed E-state index contributed by atoms with van der Waals surface area (Å²) >= 11 is 9.33. The van der Waals surface area contributed by atoms with E-state index in [-0.39, 0.29) is 23.6 Å². The van der Waals surface area contributed by atoms with Crippen LogP contribution in [0.4, 0.5) is 0 Å². The monoisotopic (exact) mass is 425 g/mol. The first-order chi connectivity index (χ1) is 11.9. The summed E-state index contributed by atoms with van der Waals surface area (Å²) in [6.07, 6.45) is 7.21. The first-order valence-corrected chi connectivity index (χ1v) is 10.0. The summed E-state index contributed by atoms with van der Waals surface area (Å²) in [5.41, 5.74) is 0.199. The average molecular weight is 427 g/mol. The second-order valence-electron chi connectivity index (χ2n) is 7.95. The number of rotatable bonds is 4. The lowest BCUT2D eigenvalue weighted by Gasteiger charge is -2.56. The lowest BCUT2D eigenvalue weighted by atomic mass is 9.53. The standard InChI is InChI=1S/C19H21BrClNO3/c20-14-1-2-16(21)15(6-14)18(24)25-10-17(23)22-19-7-11-3-12(8-19)5-13(4-11)9-19/h1-2,6,11-13H,3-5,7-10H2,(H,22,23). The quantitative estimate of drug-likeness (QED) is 0.729. The number of hydrogen-bond acceptors (Lipinski definition) is 3. The van der Waals surface area contributed by atoms with Gasteiger partial charge in [-0.25, -0.2) is 4.79 Å². The predicted octanol–water partition coefficient (Wildman–Crippen LogP) is 4.34. The number of hydrogen-bond donors (Lipinski definition) is 1. The van der Waals surface area contributed by atoms with Crippen LogP contribution in [0.3, 0.4) is 0 Å². The average Bonchev–Trinajstić information content (AvgIpc) is 2.53. The molecule has 1 amide bonds. The van der Waals surface area contributed by atoms with Crippen LogP contribution in [0.2, 0.25) is 5.02 Å². The van der Waals surface area contributed by atoms with Gasteiger partial charge in [0.25, 0.3) is 5.91 Å². The Labute approximate surface area is 160 Å². The summed E-state index contributed by atoms with van der Waals surface area (Å²) in [7, 11) is 0. The molecular formula is C19H21BrClNO3. The van der Waals surface area contributed by atoms with Gasteiger partial charge in [-0.2, -0.15) is 0 Å². The number of halogens is 2. The summed E-state index contributed by atoms with van der Waals surface area (Å²) in [6.45, 7) is -0.260. The van der Waals surface area contributed by atoms with Crippen molar-refractivity contribution in [3.63, 3.8) is 0 Å². The molecule has 0 unspecified atom stereocenters. The van der Waals surface area contributed by atoms with E-state index in [0.29, 0.717) is 5.02 Å². The predicted molar refractivity (Wildman–Crippen MR) is 98.5 cm³/mol. The van der Waals surface area contributed by atoms with E-state index in [4.69, 9.17) is 16.3 Å². The number of ether oxygens (including phenoxy) is 1. The Morgan fingerprint density at radius 2 is 1.76 bits per heavy atom. The van der Waals surface area contributed by atoms with Crippen LogP contribution in [-0.2, 0) is 9.53 Å². The van der Waals surface area contributed by atoms with Gasteiger partial charge < -0.3 is 10.1 Å². The van der Waals surface area contributed by atoms with Crippen LogP contribution in [0.15, 0.2) is 22.7 Å². The number of carbonyl (C=O) groups is 2. The highest BCUT2D eigenvalue weighted by molar-refractivity contribution is 9.10. The van der Waals surface area contributed by atoms with E-state index in [1.165, 1.54) is 19.3 Å². The number of nitrogens with one attached hydrogen (secondary N) is 1. The first-order valence-electron chi connectivity index (χ1n) is 8.86. The van der Waals surface area contributed by atoms with Crippen molar-refractivity contribution in [2.45, 2.75) is 44.1 Å². The van der Waals surface area contributed by atoms with Gasteiger partial charge in [-0.15, -0.1) is 0 Å². The summed E-state index contributed by atoms with van der Waals surface area (Å²) < 4.78 is 5.92. The Balaban J connectivity index is 1.35. The highest BCUT2D eigenvalue weighted by Gasteiger charge is 2.51. The Morgan fingerprint density at radius 3 is 2.36 bits per heavy atom. The topological polar surface area (TPSA) is 55.4 Å². The molecule has 4 saturated carbocycles. The largest absolute Gasteiger partial charge is 0.452 e. The molecule has 25 heavy (non-hydrogen) atoms. The molecule has 0 aliphatic heterocycles. The summed E-state index contributed by atoms with van der Waals surface area (Å²) in [6, 6.07) is 4.97. The maximum atomic E-state index is 12.4. The Morgan fingerprint density at radius 1 is 1.16 bits per heavy atom. The van der Waals surface area contributed by atoms with Crippen molar-refractivity contribution in [2.75, 3.05) is 6.61 Å². The van der Waals surface area contributed by atoms with Crippen molar-refractivity contribution in [1.82, 2.24) is 5.32 Å². The van der Waals surface area contributed by atoms with Crippen LogP contribution in [0.1, 0.15) is 48.9 Å². The maximum absolute atomic E-state index is 12.4. The zero-order valence-electron chi connectivity index (χ0n) is 13.9. The maximum Gasteiger partial charge on any atom is 0.340 e. The summed E-state index contributed by atoms with van der Waals surface area (Å²) in [5, 5.41) is 3.51. The zero-order chi connectivity index (χ0) is 17.6. The molecule has 0 saturated heterocycles. The minimum atomic E-state index is -0.577. The van der Waals surface area contributed by atoms with Gasteiger partial charge in [0.05, 0.1) is 10.6 Å². The van der Waals surface area contributed by atoms with E-state index < -0.39 is 5.97 Å². The van der Waals surface area contributed by atoms with E-state index in [9.17, 15) is 9.59 Å². The molecule has 4 aliphatic carbocycles. The first kappa shape index (κ1) is 17.3. The van der Waals surface area contributed by atoms with Crippen LogP contribution in [-0.4, -0.2) is 24.0 Å². The van der Waals surface area contributed by atoms with Gasteiger partial charge in [0, 0.05) is 10.0 Å². The highest BCUT2D eigenvalue weighted by atomic mass is 79.9. The molecule has 4 fully saturated rings. The normalized spacial score (nSPS) is 32.5. The molecule has 0 atom stereocenters. The fourth-order valence-electron chi connectivity index (χ4n) is 5.46. The molecule has 1 aromatic carbocycles. The third kappa shape index (κ3) is 3.59. The second-order valence-corrected chi connectivity index (χ2v) is 9.27. The third-order valence-electron chi connectivity index (χ3n) is 5.93. The highest BCUT2D eigenvalue weighted by Crippen LogP contribution is 2.55. The summed E-state index contributed by atoms with van der Waals surface area (Å²) in [4.78, 5) is 24.6. The van der Waals surface area contributed by atoms with Gasteiger partial charge in [-0.05, 0) is 74.5 Å². The van der Waals surface area contributed by atoms with Gasteiger partial charge >= 0.3 is 5.97 Å². The Hall–Kier alpha value is -1.07. The molecule has 4 bridgehead atoms. The van der Waals surface area contributed by atoms with Gasteiger partial charge in [0.2, 0.25) is 0 Å². The molecule has 1 N–H and O–H groups in total. The van der Waals surface area contributed by atoms with E-state index in [1.54, 1.807) is 18.2 Å². The molecular weight excluding hydrogens is 406 g/mol. The molecule has 4 aliphatic rings. The summed E-state index contributed by atoms with van der Waals surface area (Å²) in [5.74, 6) is 1.49. The fraction of sp³-hybridized carbons (Fsp3) is 0.579. The van der Waals surface area contributed by atoms with Crippen LogP contribution in [0.5, 0.6) is 0 Å². The number of benzene rings is 1. The van der Waals surface area contributed by atoms with Crippen LogP contribution < -0.4 is 5.32 Å². The Kier molecular flexibility index (Phi) is 4.57. The van der Waals surface area contributed by atoms with Crippen molar-refractivity contribution in [3.8, 4) is 0 Å². The number of esters is 1. The van der Waals surface area contributed by atoms with E-state index >= 15 is 0 Å². The molecule has 0 aromatic heterocycles. The van der Waals surface area contributed by atoms with Crippen molar-refractivity contribution in [2.24, 2.45) is 17.8 Å². The SMILES string of the molecule is O=C(COC(=O)c1cc(Br)ccc1Cl)NC12CC3CC(CC(C3)C1)C2. The lowest BCUT2D eigenvalue weighted by molar-refractivity contribution is -0.130. The minimum Gasteiger partial charge on any atom is -0.452 e. The van der Waals surface area contributed by atoms with E-state index in [0.717, 1.165) is 41.5 Å². The third-order valence-corrected chi connectivity index (χ3v) is 6.75. The van der Waals surface area contributed by atoms with Gasteiger partial charge in [0.15, 0.2) is 6.61 Å². The molecule has 134 valence electrons. The molecule has 0 spiro atoms. The molecule has 4 nitrogen and oxygen atoms in total. The van der Waals surface area contributed by atoms with Crippen LogP contribution in [0.25, 0.3) is 0 Å². The molecule has 6 heteroatoms. The molecule has 5 rings (SSSR count). The van der Waals surface area contributed by atoms with Crippen molar-refractivity contribution < 1.29 is 14.3 Å². The second kappa shape index (κ2) is 6.58. The van der Waals surface area contributed by atoms with Crippen molar-refractivity contribution in [1.29, 1.82) is 0 Å². The number of carbonyl (C=O) groups excluding carboxylic acids is 2. The van der Waals surface area contributed by atoms with Crippen LogP contribution in [0, 0.1) is 17.8 Å². The van der Waals surface area contributed by atoms with Gasteiger partial charge in [-0.3, -0.25) is 4.79 Å². The van der Waals surface area contributed by atoms with Crippen molar-refractivity contribution >= 4 is 39.4 Å². The zero-order valence-corrected chi connectivity index (χ0v) is 16.2. The smallest absolute Gasteiger partial charge is 0.340 e. The number of amides is 1. The molecule has 0 radical (unpaired) electrons. The van der Waals surface area contributed by atoms with Gasteiger partial charge in [0.1, 0.15) is 0 Å². The Bertz CT molecular complexity index is 685. The van der Waals surface area contributed by atoms with Crippen LogP contribution >= 0.6 is 27.5 Å².